The topological polar surface area (TPSA) is 76.1 Å². The molecule has 0 amide bonds. The molecule has 202 valence electrons. The number of benzene rings is 3. The molecule has 0 atom stereocenters. The SMILES string of the molecule is CC1=C(c2ccc(S(C)(=O)=O)cc2Cl)COc2ccc(O)cc21.FCC1CN(CCOc2ccccc2)C1. The van der Waals surface area contributed by atoms with Gasteiger partial charge < -0.3 is 14.6 Å². The molecule has 0 unspecified atom stereocenters. The van der Waals surface area contributed by atoms with Gasteiger partial charge in [-0.1, -0.05) is 35.9 Å². The van der Waals surface area contributed by atoms with E-state index in [1.807, 2.05) is 37.3 Å². The Morgan fingerprint density at radius 2 is 1.82 bits per heavy atom. The summed E-state index contributed by atoms with van der Waals surface area (Å²) in [6, 6.07) is 19.4. The van der Waals surface area contributed by atoms with Crippen molar-refractivity contribution in [1.82, 2.24) is 4.90 Å². The van der Waals surface area contributed by atoms with Crippen LogP contribution >= 0.6 is 11.6 Å². The predicted octanol–water partition coefficient (Wildman–Crippen LogP) is 5.74. The maximum atomic E-state index is 12.1. The van der Waals surface area contributed by atoms with Crippen LogP contribution < -0.4 is 9.47 Å². The summed E-state index contributed by atoms with van der Waals surface area (Å²) in [5.74, 6) is 2.03. The standard InChI is InChI=1S/C17H15ClO4S.C12H16FNO/c1-10-14-7-11(19)3-6-17(14)22-9-15(10)13-5-4-12(8-16(13)18)23(2,20)21;13-8-11-9-14(10-11)6-7-15-12-4-2-1-3-5-12/h3-8,19H,9H2,1-2H3;1-5,11H,6-10H2. The third-order valence-electron chi connectivity index (χ3n) is 6.56. The van der Waals surface area contributed by atoms with Gasteiger partial charge in [0.25, 0.3) is 0 Å². The van der Waals surface area contributed by atoms with Crippen LogP contribution in [0.3, 0.4) is 0 Å². The molecule has 9 heteroatoms. The fourth-order valence-electron chi connectivity index (χ4n) is 4.37. The molecular weight excluding hydrogens is 529 g/mol. The molecule has 0 spiro atoms. The Labute approximate surface area is 228 Å². The summed E-state index contributed by atoms with van der Waals surface area (Å²) in [6.45, 7) is 5.42. The number of rotatable bonds is 7. The number of fused-ring (bicyclic) bond motifs is 1. The lowest BCUT2D eigenvalue weighted by atomic mass is 9.93. The molecule has 2 aliphatic rings. The van der Waals surface area contributed by atoms with E-state index in [1.165, 1.54) is 12.1 Å². The third kappa shape index (κ3) is 6.87. The van der Waals surface area contributed by atoms with Gasteiger partial charge in [-0.2, -0.15) is 0 Å². The molecule has 0 bridgehead atoms. The molecule has 5 rings (SSSR count). The Kier molecular flexibility index (Phi) is 8.97. The van der Waals surface area contributed by atoms with Crippen molar-refractivity contribution in [3.63, 3.8) is 0 Å². The van der Waals surface area contributed by atoms with Crippen LogP contribution in [0.1, 0.15) is 18.1 Å². The van der Waals surface area contributed by atoms with Gasteiger partial charge in [0, 0.05) is 53.5 Å². The Morgan fingerprint density at radius 3 is 2.47 bits per heavy atom. The number of nitrogens with zero attached hydrogens (tertiary/aromatic N) is 1. The largest absolute Gasteiger partial charge is 0.508 e. The minimum Gasteiger partial charge on any atom is -0.508 e. The molecule has 0 saturated carbocycles. The fraction of sp³-hybridized carbons (Fsp3) is 0.310. The number of phenols is 1. The van der Waals surface area contributed by atoms with Gasteiger partial charge in [0.05, 0.1) is 11.6 Å². The lowest BCUT2D eigenvalue weighted by molar-refractivity contribution is 0.0668. The number of halogens is 2. The van der Waals surface area contributed by atoms with Gasteiger partial charge in [-0.3, -0.25) is 9.29 Å². The van der Waals surface area contributed by atoms with E-state index in [2.05, 4.69) is 4.90 Å². The third-order valence-corrected chi connectivity index (χ3v) is 7.98. The van der Waals surface area contributed by atoms with Crippen molar-refractivity contribution in [2.75, 3.05) is 45.8 Å². The van der Waals surface area contributed by atoms with Gasteiger partial charge in [0.15, 0.2) is 9.84 Å². The number of hydrogen-bond donors (Lipinski definition) is 1. The second kappa shape index (κ2) is 12.2. The average molecular weight is 560 g/mol. The number of phenolic OH excluding ortho intramolecular Hbond substituents is 1. The van der Waals surface area contributed by atoms with Crippen molar-refractivity contribution in [2.45, 2.75) is 11.8 Å². The highest BCUT2D eigenvalue weighted by atomic mass is 35.5. The van der Waals surface area contributed by atoms with Crippen molar-refractivity contribution in [1.29, 1.82) is 0 Å². The van der Waals surface area contributed by atoms with Crippen LogP contribution in [-0.4, -0.2) is 64.2 Å². The van der Waals surface area contributed by atoms with Crippen LogP contribution in [0.4, 0.5) is 4.39 Å². The van der Waals surface area contributed by atoms with E-state index >= 15 is 0 Å². The number of hydrogen-bond acceptors (Lipinski definition) is 6. The van der Waals surface area contributed by atoms with E-state index in [0.29, 0.717) is 24.0 Å². The van der Waals surface area contributed by atoms with Crippen molar-refractivity contribution >= 4 is 32.6 Å². The van der Waals surface area contributed by atoms with Crippen LogP contribution in [0, 0.1) is 5.92 Å². The van der Waals surface area contributed by atoms with Crippen LogP contribution in [0.15, 0.2) is 71.6 Å². The van der Waals surface area contributed by atoms with Gasteiger partial charge in [0.2, 0.25) is 0 Å². The molecule has 2 aliphatic heterocycles. The van der Waals surface area contributed by atoms with E-state index in [0.717, 1.165) is 53.9 Å². The maximum absolute atomic E-state index is 12.1. The first kappa shape index (κ1) is 28.0. The second-order valence-corrected chi connectivity index (χ2v) is 11.9. The summed E-state index contributed by atoms with van der Waals surface area (Å²) in [4.78, 5) is 2.40. The Hall–Kier alpha value is -3.07. The summed E-state index contributed by atoms with van der Waals surface area (Å²) in [5.41, 5.74) is 3.34. The highest BCUT2D eigenvalue weighted by Gasteiger charge is 2.25. The van der Waals surface area contributed by atoms with E-state index < -0.39 is 9.84 Å². The zero-order chi connectivity index (χ0) is 27.3. The molecule has 0 radical (unpaired) electrons. The molecule has 2 heterocycles. The lowest BCUT2D eigenvalue weighted by Gasteiger charge is -2.37. The molecule has 3 aromatic carbocycles. The highest BCUT2D eigenvalue weighted by molar-refractivity contribution is 7.90. The van der Waals surface area contributed by atoms with E-state index in [1.54, 1.807) is 24.3 Å². The zero-order valence-corrected chi connectivity index (χ0v) is 22.9. The smallest absolute Gasteiger partial charge is 0.175 e. The van der Waals surface area contributed by atoms with Crippen molar-refractivity contribution in [3.05, 3.63) is 82.9 Å². The highest BCUT2D eigenvalue weighted by Crippen LogP contribution is 2.40. The normalized spacial score (nSPS) is 15.6. The Morgan fingerprint density at radius 1 is 1.08 bits per heavy atom. The molecule has 1 saturated heterocycles. The first-order chi connectivity index (χ1) is 18.2. The van der Waals surface area contributed by atoms with Crippen molar-refractivity contribution < 1.29 is 27.4 Å². The van der Waals surface area contributed by atoms with Gasteiger partial charge in [0.1, 0.15) is 30.5 Å². The van der Waals surface area contributed by atoms with Gasteiger partial charge in [-0.05, 0) is 55.0 Å². The van der Waals surface area contributed by atoms with E-state index in [9.17, 15) is 17.9 Å². The molecule has 1 N–H and O–H groups in total. The summed E-state index contributed by atoms with van der Waals surface area (Å²) in [6.07, 6.45) is 1.14. The van der Waals surface area contributed by atoms with Gasteiger partial charge in [-0.25, -0.2) is 8.42 Å². The fourth-order valence-corrected chi connectivity index (χ4v) is 5.38. The molecule has 1 fully saturated rings. The quantitative estimate of drug-likeness (QED) is 0.398. The summed E-state index contributed by atoms with van der Waals surface area (Å²) >= 11 is 6.29. The number of likely N-dealkylation sites (tertiary alicyclic amines) is 1. The minimum atomic E-state index is -3.31. The molecule has 0 aliphatic carbocycles. The first-order valence-electron chi connectivity index (χ1n) is 12.3. The summed E-state index contributed by atoms with van der Waals surface area (Å²) in [7, 11) is -3.31. The molecule has 38 heavy (non-hydrogen) atoms. The number of para-hydroxylation sites is 1. The number of aromatic hydroxyl groups is 1. The van der Waals surface area contributed by atoms with E-state index in [4.69, 9.17) is 21.1 Å². The number of alkyl halides is 1. The minimum absolute atomic E-state index is 0.159. The van der Waals surface area contributed by atoms with Crippen molar-refractivity contribution in [2.24, 2.45) is 5.92 Å². The summed E-state index contributed by atoms with van der Waals surface area (Å²) < 4.78 is 46.6. The van der Waals surface area contributed by atoms with Gasteiger partial charge in [-0.15, -0.1) is 0 Å². The van der Waals surface area contributed by atoms with Crippen LogP contribution in [0.25, 0.3) is 11.1 Å². The maximum Gasteiger partial charge on any atom is 0.175 e. The Balaban J connectivity index is 0.000000194. The van der Waals surface area contributed by atoms with Crippen LogP contribution in [-0.2, 0) is 9.84 Å². The average Bonchev–Trinajstić information content (AvgIpc) is 2.87. The number of ether oxygens (including phenoxy) is 2. The van der Waals surface area contributed by atoms with E-state index in [-0.39, 0.29) is 23.2 Å². The van der Waals surface area contributed by atoms with Crippen molar-refractivity contribution in [3.8, 4) is 17.2 Å². The lowest BCUT2D eigenvalue weighted by Crippen LogP contribution is -2.49. The molecule has 3 aromatic rings. The first-order valence-corrected chi connectivity index (χ1v) is 14.5. The van der Waals surface area contributed by atoms with Crippen LogP contribution in [0.5, 0.6) is 17.2 Å². The number of allylic oxidation sites excluding steroid dienone is 1. The van der Waals surface area contributed by atoms with Gasteiger partial charge >= 0.3 is 0 Å². The Bertz CT molecular complexity index is 1410. The number of sulfone groups is 1. The predicted molar refractivity (Wildman–Crippen MR) is 148 cm³/mol. The van der Waals surface area contributed by atoms with Crippen LogP contribution in [0.2, 0.25) is 5.02 Å². The zero-order valence-electron chi connectivity index (χ0n) is 21.4. The molecule has 0 aromatic heterocycles. The molecular formula is C29H31ClFNO5S. The second-order valence-electron chi connectivity index (χ2n) is 9.43. The monoisotopic (exact) mass is 559 g/mol. The summed E-state index contributed by atoms with van der Waals surface area (Å²) in [5, 5.41) is 10.0. The molecule has 6 nitrogen and oxygen atoms in total.